The number of hydrogen-bond donors (Lipinski definition) is 2. The fourth-order valence-electron chi connectivity index (χ4n) is 1.04. The first-order valence-electron chi connectivity index (χ1n) is 4.15. The molecule has 0 aromatic heterocycles. The highest BCUT2D eigenvalue weighted by molar-refractivity contribution is 5.95. The van der Waals surface area contributed by atoms with E-state index in [9.17, 15) is 4.79 Å². The molecule has 0 heterocycles. The number of carboxylic acid groups (broad SMARTS) is 1. The van der Waals surface area contributed by atoms with Crippen LogP contribution in [-0.4, -0.2) is 16.9 Å². The second kappa shape index (κ2) is 4.77. The van der Waals surface area contributed by atoms with Gasteiger partial charge in [0.05, 0.1) is 5.56 Å². The molecule has 0 atom stereocenters. The molecule has 0 bridgehead atoms. The normalized spacial score (nSPS) is 10.5. The zero-order valence-corrected chi connectivity index (χ0v) is 8.06. The lowest BCUT2D eigenvalue weighted by atomic mass is 10.2. The Morgan fingerprint density at radius 1 is 1.60 bits per heavy atom. The van der Waals surface area contributed by atoms with E-state index in [2.05, 4.69) is 15.4 Å². The van der Waals surface area contributed by atoms with E-state index in [0.717, 1.165) is 0 Å². The van der Waals surface area contributed by atoms with Crippen molar-refractivity contribution >= 4 is 17.5 Å². The molecule has 0 aliphatic heterocycles. The quantitative estimate of drug-likeness (QED) is 0.334. The van der Waals surface area contributed by atoms with Crippen molar-refractivity contribution in [3.8, 4) is 0 Å². The van der Waals surface area contributed by atoms with Gasteiger partial charge in [-0.25, -0.2) is 4.79 Å². The summed E-state index contributed by atoms with van der Waals surface area (Å²) in [5.74, 6) is -0.564. The zero-order chi connectivity index (χ0) is 11.3. The van der Waals surface area contributed by atoms with Gasteiger partial charge in [-0.15, -0.1) is 4.95 Å². The summed E-state index contributed by atoms with van der Waals surface area (Å²) in [6, 6.07) is 6.30. The third-order valence-corrected chi connectivity index (χ3v) is 1.63. The fraction of sp³-hybridized carbons (Fsp3) is 0.100. The molecule has 2 N–H and O–H groups in total. The predicted octanol–water partition coefficient (Wildman–Crippen LogP) is 2.05. The summed E-state index contributed by atoms with van der Waals surface area (Å²) in [6.07, 6.45) is 0. The first-order valence-corrected chi connectivity index (χ1v) is 4.15. The number of benzene rings is 1. The fourth-order valence-corrected chi connectivity index (χ4v) is 1.04. The van der Waals surface area contributed by atoms with Crippen molar-refractivity contribution in [2.75, 3.05) is 5.32 Å². The molecule has 1 aromatic carbocycles. The van der Waals surface area contributed by atoms with Crippen LogP contribution in [0.5, 0.6) is 0 Å². The van der Waals surface area contributed by atoms with E-state index in [1.807, 2.05) is 0 Å². The van der Waals surface area contributed by atoms with Crippen molar-refractivity contribution in [2.24, 2.45) is 5.10 Å². The minimum absolute atomic E-state index is 0.190. The number of amidine groups is 1. The number of carboxylic acids is 1. The average molecular weight is 203 g/mol. The number of anilines is 1. The van der Waals surface area contributed by atoms with E-state index in [-0.39, 0.29) is 5.56 Å². The maximum atomic E-state index is 10.7. The van der Waals surface area contributed by atoms with Crippen LogP contribution in [-0.2, 0) is 0 Å². The number of hydrogen-bond acceptors (Lipinski definition) is 2. The first-order chi connectivity index (χ1) is 7.13. The lowest BCUT2D eigenvalue weighted by Crippen LogP contribution is -2.07. The first kappa shape index (κ1) is 10.7. The molecule has 15 heavy (non-hydrogen) atoms. The Hall–Kier alpha value is -2.35. The van der Waals surface area contributed by atoms with Crippen molar-refractivity contribution in [2.45, 2.75) is 6.92 Å². The minimum Gasteiger partial charge on any atom is -0.478 e. The van der Waals surface area contributed by atoms with Crippen LogP contribution in [0.1, 0.15) is 17.3 Å². The number of aromatic carboxylic acids is 1. The molecule has 0 amide bonds. The molecule has 1 aromatic rings. The molecule has 0 radical (unpaired) electrons. The van der Waals surface area contributed by atoms with Gasteiger partial charge >= 0.3 is 5.97 Å². The van der Waals surface area contributed by atoms with Gasteiger partial charge in [0.1, 0.15) is 5.10 Å². The van der Waals surface area contributed by atoms with E-state index in [4.69, 9.17) is 11.7 Å². The molecule has 0 aliphatic rings. The van der Waals surface area contributed by atoms with Crippen LogP contribution in [0, 0.1) is 6.57 Å². The number of carbonyl (C=O) groups is 1. The summed E-state index contributed by atoms with van der Waals surface area (Å²) >= 11 is 0. The van der Waals surface area contributed by atoms with Crippen LogP contribution in [0.3, 0.4) is 0 Å². The highest BCUT2D eigenvalue weighted by atomic mass is 16.4. The summed E-state index contributed by atoms with van der Waals surface area (Å²) in [7, 11) is 0. The molecule has 0 saturated heterocycles. The van der Waals surface area contributed by atoms with Crippen LogP contribution in [0.4, 0.5) is 5.69 Å². The zero-order valence-electron chi connectivity index (χ0n) is 8.06. The van der Waals surface area contributed by atoms with Crippen molar-refractivity contribution in [3.05, 3.63) is 41.4 Å². The van der Waals surface area contributed by atoms with Gasteiger partial charge in [0.2, 0.25) is 0 Å². The summed E-state index contributed by atoms with van der Waals surface area (Å²) in [5, 5.41) is 15.0. The SMILES string of the molecule is [C-]#[N+]/N=C(/C)Nc1cccc(C(=O)O)c1. The molecule has 5 heteroatoms. The summed E-state index contributed by atoms with van der Waals surface area (Å²) in [6.45, 7) is 8.14. The molecule has 0 spiro atoms. The molecule has 0 aliphatic carbocycles. The Bertz CT molecular complexity index is 446. The van der Waals surface area contributed by atoms with Crippen LogP contribution in [0.2, 0.25) is 0 Å². The van der Waals surface area contributed by atoms with Gasteiger partial charge in [0.25, 0.3) is 0 Å². The van der Waals surface area contributed by atoms with E-state index in [1.165, 1.54) is 12.1 Å². The van der Waals surface area contributed by atoms with Gasteiger partial charge in [0, 0.05) is 12.6 Å². The molecule has 0 fully saturated rings. The van der Waals surface area contributed by atoms with Crippen LogP contribution >= 0.6 is 0 Å². The smallest absolute Gasteiger partial charge is 0.335 e. The second-order valence-corrected chi connectivity index (χ2v) is 2.80. The van der Waals surface area contributed by atoms with Gasteiger partial charge < -0.3 is 10.4 Å². The third-order valence-electron chi connectivity index (χ3n) is 1.63. The Balaban J connectivity index is 2.88. The van der Waals surface area contributed by atoms with Crippen molar-refractivity contribution < 1.29 is 9.90 Å². The molecule has 1 rings (SSSR count). The van der Waals surface area contributed by atoms with Crippen LogP contribution < -0.4 is 5.32 Å². The Labute approximate surface area is 86.9 Å². The number of nitrogens with zero attached hydrogens (tertiary/aromatic N) is 2. The molecular weight excluding hydrogens is 194 g/mol. The third kappa shape index (κ3) is 3.12. The van der Waals surface area contributed by atoms with Gasteiger partial charge in [-0.2, -0.15) is 6.57 Å². The highest BCUT2D eigenvalue weighted by Gasteiger charge is 2.03. The van der Waals surface area contributed by atoms with Crippen molar-refractivity contribution in [3.63, 3.8) is 0 Å². The summed E-state index contributed by atoms with van der Waals surface area (Å²) in [5.41, 5.74) is 0.787. The van der Waals surface area contributed by atoms with Crippen LogP contribution in [0.25, 0.3) is 4.95 Å². The standard InChI is InChI=1S/C10H9N3O2/c1-7(13-11-2)12-9-5-3-4-8(6-9)10(14)15/h3-6H,1H3,(H,12,13)(H,14,15). The highest BCUT2D eigenvalue weighted by Crippen LogP contribution is 2.10. The number of nitrogens with one attached hydrogen (secondary N) is 1. The minimum atomic E-state index is -0.988. The van der Waals surface area contributed by atoms with Crippen LogP contribution in [0.15, 0.2) is 29.4 Å². The van der Waals surface area contributed by atoms with E-state index >= 15 is 0 Å². The lowest BCUT2D eigenvalue weighted by Gasteiger charge is -2.02. The maximum Gasteiger partial charge on any atom is 0.335 e. The topological polar surface area (TPSA) is 66.0 Å². The van der Waals surface area contributed by atoms with Crippen molar-refractivity contribution in [1.29, 1.82) is 0 Å². The van der Waals surface area contributed by atoms with E-state index in [0.29, 0.717) is 11.5 Å². The van der Waals surface area contributed by atoms with Gasteiger partial charge in [0.15, 0.2) is 5.84 Å². The number of rotatable bonds is 2. The van der Waals surface area contributed by atoms with Crippen molar-refractivity contribution in [1.82, 2.24) is 0 Å². The molecular formula is C10H9N3O2. The lowest BCUT2D eigenvalue weighted by molar-refractivity contribution is 0.0697. The van der Waals surface area contributed by atoms with Gasteiger partial charge in [-0.3, -0.25) is 0 Å². The molecule has 76 valence electrons. The monoisotopic (exact) mass is 203 g/mol. The summed E-state index contributed by atoms with van der Waals surface area (Å²) in [4.78, 5) is 13.5. The molecule has 5 nitrogen and oxygen atoms in total. The van der Waals surface area contributed by atoms with E-state index < -0.39 is 5.97 Å². The molecule has 0 unspecified atom stereocenters. The Kier molecular flexibility index (Phi) is 3.41. The Morgan fingerprint density at radius 2 is 2.33 bits per heavy atom. The van der Waals surface area contributed by atoms with Gasteiger partial charge in [-0.05, 0) is 18.2 Å². The van der Waals surface area contributed by atoms with Gasteiger partial charge in [-0.1, -0.05) is 6.07 Å². The van der Waals surface area contributed by atoms with E-state index in [1.54, 1.807) is 19.1 Å². The largest absolute Gasteiger partial charge is 0.478 e. The summed E-state index contributed by atoms with van der Waals surface area (Å²) < 4.78 is 0. The molecule has 0 saturated carbocycles. The predicted molar refractivity (Wildman–Crippen MR) is 56.7 cm³/mol. The average Bonchev–Trinajstić information content (AvgIpc) is 2.18. The second-order valence-electron chi connectivity index (χ2n) is 2.80. The Morgan fingerprint density at radius 3 is 2.93 bits per heavy atom. The maximum absolute atomic E-state index is 10.7.